The number of methoxy groups -OCH3 is 1. The summed E-state index contributed by atoms with van der Waals surface area (Å²) in [6, 6.07) is 2.24. The number of amides is 2. The van der Waals surface area contributed by atoms with Crippen molar-refractivity contribution in [2.45, 2.75) is 25.1 Å². The van der Waals surface area contributed by atoms with Gasteiger partial charge in [-0.2, -0.15) is 13.2 Å². The molecule has 2 amide bonds. The van der Waals surface area contributed by atoms with E-state index in [0.717, 1.165) is 4.90 Å². The molecule has 1 aliphatic heterocycles. The zero-order valence-electron chi connectivity index (χ0n) is 12.8. The molecule has 1 saturated heterocycles. The van der Waals surface area contributed by atoms with Gasteiger partial charge in [-0.1, -0.05) is 0 Å². The Morgan fingerprint density at radius 3 is 2.88 bits per heavy atom. The summed E-state index contributed by atoms with van der Waals surface area (Å²) < 4.78 is 45.6. The number of aromatic nitrogens is 1. The molecule has 2 rings (SSSR count). The molecule has 0 spiro atoms. The minimum absolute atomic E-state index is 0.152. The van der Waals surface area contributed by atoms with Gasteiger partial charge in [-0.3, -0.25) is 9.69 Å². The number of likely N-dealkylation sites (tertiary alicyclic amines) is 1. The number of hydrogen-bond acceptors (Lipinski definition) is 5. The second kappa shape index (κ2) is 7.37. The Morgan fingerprint density at radius 1 is 1.46 bits per heavy atom. The van der Waals surface area contributed by atoms with Gasteiger partial charge in [0.2, 0.25) is 11.8 Å². The molecule has 0 bridgehead atoms. The zero-order valence-corrected chi connectivity index (χ0v) is 12.8. The number of carbonyl (C=O) groups excluding carboxylic acids is 2. The third kappa shape index (κ3) is 4.49. The van der Waals surface area contributed by atoms with E-state index in [-0.39, 0.29) is 12.4 Å². The molecule has 1 atom stereocenters. The molecule has 132 valence electrons. The minimum Gasteiger partial charge on any atom is -0.480 e. The summed E-state index contributed by atoms with van der Waals surface area (Å²) in [5.74, 6) is -0.349. The fourth-order valence-electron chi connectivity index (χ4n) is 2.35. The molecule has 0 aromatic carbocycles. The normalized spacial score (nSPS) is 17.5. The number of rotatable bonds is 4. The Morgan fingerprint density at radius 2 is 2.21 bits per heavy atom. The lowest BCUT2D eigenvalue weighted by atomic mass is 10.2. The molecule has 1 aliphatic rings. The van der Waals surface area contributed by atoms with Crippen molar-refractivity contribution >= 4 is 17.7 Å². The Balaban J connectivity index is 2.01. The van der Waals surface area contributed by atoms with E-state index in [2.05, 4.69) is 15.0 Å². The third-order valence-corrected chi connectivity index (χ3v) is 3.37. The van der Waals surface area contributed by atoms with Gasteiger partial charge >= 0.3 is 12.3 Å². The predicted molar refractivity (Wildman–Crippen MR) is 76.5 cm³/mol. The first kappa shape index (κ1) is 17.8. The van der Waals surface area contributed by atoms with Crippen LogP contribution in [0.4, 0.5) is 23.7 Å². The fourth-order valence-corrected chi connectivity index (χ4v) is 2.35. The summed E-state index contributed by atoms with van der Waals surface area (Å²) in [6.07, 6.45) is -3.48. The molecule has 2 heterocycles. The van der Waals surface area contributed by atoms with Crippen molar-refractivity contribution in [2.75, 3.05) is 25.6 Å². The molecule has 1 fully saturated rings. The molecule has 1 N–H and O–H groups in total. The van der Waals surface area contributed by atoms with Gasteiger partial charge in [-0.25, -0.2) is 9.78 Å². The average Bonchev–Trinajstić information content (AvgIpc) is 3.02. The molecule has 0 radical (unpaired) electrons. The van der Waals surface area contributed by atoms with Crippen LogP contribution in [0.15, 0.2) is 18.3 Å². The lowest BCUT2D eigenvalue weighted by Gasteiger charge is -2.23. The molecule has 0 saturated carbocycles. The van der Waals surface area contributed by atoms with Crippen molar-refractivity contribution in [3.63, 3.8) is 0 Å². The number of nitrogens with one attached hydrogen (secondary N) is 1. The van der Waals surface area contributed by atoms with Crippen LogP contribution >= 0.6 is 0 Å². The quantitative estimate of drug-likeness (QED) is 0.903. The highest BCUT2D eigenvalue weighted by atomic mass is 19.4. The summed E-state index contributed by atoms with van der Waals surface area (Å²) in [5.41, 5.74) is 0.306. The van der Waals surface area contributed by atoms with E-state index in [9.17, 15) is 22.8 Å². The Hall–Kier alpha value is -2.52. The summed E-state index contributed by atoms with van der Waals surface area (Å²) in [7, 11) is 1.38. The number of carbonyl (C=O) groups is 2. The predicted octanol–water partition coefficient (Wildman–Crippen LogP) is 2.19. The molecular formula is C14H16F3N3O4. The summed E-state index contributed by atoms with van der Waals surface area (Å²) in [4.78, 5) is 29.0. The molecule has 7 nitrogen and oxygen atoms in total. The molecule has 0 aliphatic carbocycles. The number of halogens is 3. The second-order valence-electron chi connectivity index (χ2n) is 5.07. The smallest absolute Gasteiger partial charge is 0.422 e. The Kier molecular flexibility index (Phi) is 5.47. The van der Waals surface area contributed by atoms with Crippen LogP contribution in [0, 0.1) is 0 Å². The highest BCUT2D eigenvalue weighted by molar-refractivity contribution is 5.97. The van der Waals surface area contributed by atoms with Crippen LogP contribution in [0.3, 0.4) is 0 Å². The number of pyridine rings is 1. The number of anilines is 1. The average molecular weight is 347 g/mol. The van der Waals surface area contributed by atoms with Gasteiger partial charge in [0.1, 0.15) is 11.7 Å². The number of hydrogen-bond donors (Lipinski definition) is 1. The maximum Gasteiger partial charge on any atom is 0.422 e. The fraction of sp³-hybridized carbons (Fsp3) is 0.500. The zero-order chi connectivity index (χ0) is 17.7. The monoisotopic (exact) mass is 347 g/mol. The Bertz CT molecular complexity index is 609. The summed E-state index contributed by atoms with van der Waals surface area (Å²) in [5, 5.41) is 2.56. The highest BCUT2D eigenvalue weighted by Crippen LogP contribution is 2.24. The van der Waals surface area contributed by atoms with Gasteiger partial charge < -0.3 is 14.8 Å². The van der Waals surface area contributed by atoms with Gasteiger partial charge in [0.15, 0.2) is 6.61 Å². The minimum atomic E-state index is -4.61. The standard InChI is InChI=1S/C14H16F3N3O4/c1-23-12-9(4-2-6-18-12)19-11(21)10-5-3-7-20(10)13(22)24-8-14(15,16)17/h2,4,6,10H,3,5,7-8H2,1H3,(H,19,21)/t10-/m1/s1. The first-order valence-electron chi connectivity index (χ1n) is 7.12. The Labute approximate surface area is 135 Å². The SMILES string of the molecule is COc1ncccc1NC(=O)[C@H]1CCCN1C(=O)OCC(F)(F)F. The first-order chi connectivity index (χ1) is 11.3. The van der Waals surface area contributed by atoms with Gasteiger partial charge in [0.25, 0.3) is 0 Å². The van der Waals surface area contributed by atoms with Crippen LogP contribution in [0.2, 0.25) is 0 Å². The number of ether oxygens (including phenoxy) is 2. The van der Waals surface area contributed by atoms with E-state index in [4.69, 9.17) is 4.74 Å². The maximum absolute atomic E-state index is 12.3. The lowest BCUT2D eigenvalue weighted by Crippen LogP contribution is -2.44. The van der Waals surface area contributed by atoms with E-state index in [1.807, 2.05) is 0 Å². The molecule has 10 heteroatoms. The van der Waals surface area contributed by atoms with Crippen molar-refractivity contribution in [3.8, 4) is 5.88 Å². The van der Waals surface area contributed by atoms with Gasteiger partial charge in [0.05, 0.1) is 7.11 Å². The highest BCUT2D eigenvalue weighted by Gasteiger charge is 2.37. The van der Waals surface area contributed by atoms with Crippen molar-refractivity contribution in [1.29, 1.82) is 0 Å². The number of nitrogens with zero attached hydrogens (tertiary/aromatic N) is 2. The summed E-state index contributed by atoms with van der Waals surface area (Å²) >= 11 is 0. The van der Waals surface area contributed by atoms with Crippen LogP contribution < -0.4 is 10.1 Å². The van der Waals surface area contributed by atoms with Gasteiger partial charge in [-0.15, -0.1) is 0 Å². The van der Waals surface area contributed by atoms with E-state index >= 15 is 0 Å². The third-order valence-electron chi connectivity index (χ3n) is 3.37. The van der Waals surface area contributed by atoms with Crippen LogP contribution in [-0.2, 0) is 9.53 Å². The van der Waals surface area contributed by atoms with Gasteiger partial charge in [-0.05, 0) is 25.0 Å². The molecule has 24 heavy (non-hydrogen) atoms. The van der Waals surface area contributed by atoms with Crippen molar-refractivity contribution in [1.82, 2.24) is 9.88 Å². The number of alkyl halides is 3. The van der Waals surface area contributed by atoms with Crippen molar-refractivity contribution < 1.29 is 32.2 Å². The molecule has 0 unspecified atom stereocenters. The van der Waals surface area contributed by atoms with Crippen LogP contribution in [0.5, 0.6) is 5.88 Å². The lowest BCUT2D eigenvalue weighted by molar-refractivity contribution is -0.162. The molecular weight excluding hydrogens is 331 g/mol. The van der Waals surface area contributed by atoms with E-state index in [1.54, 1.807) is 12.1 Å². The van der Waals surface area contributed by atoms with Crippen LogP contribution in [0.1, 0.15) is 12.8 Å². The molecule has 1 aromatic heterocycles. The second-order valence-corrected chi connectivity index (χ2v) is 5.07. The largest absolute Gasteiger partial charge is 0.480 e. The first-order valence-corrected chi connectivity index (χ1v) is 7.12. The molecule has 1 aromatic rings. The van der Waals surface area contributed by atoms with E-state index in [1.165, 1.54) is 13.3 Å². The van der Waals surface area contributed by atoms with Gasteiger partial charge in [0, 0.05) is 12.7 Å². The van der Waals surface area contributed by atoms with E-state index < -0.39 is 30.8 Å². The van der Waals surface area contributed by atoms with Crippen molar-refractivity contribution in [3.05, 3.63) is 18.3 Å². The van der Waals surface area contributed by atoms with E-state index in [0.29, 0.717) is 18.5 Å². The van der Waals surface area contributed by atoms with Crippen LogP contribution in [0.25, 0.3) is 0 Å². The summed E-state index contributed by atoms with van der Waals surface area (Å²) in [6.45, 7) is -1.54. The maximum atomic E-state index is 12.3. The van der Waals surface area contributed by atoms with Crippen molar-refractivity contribution in [2.24, 2.45) is 0 Å². The topological polar surface area (TPSA) is 80.8 Å². The van der Waals surface area contributed by atoms with Crippen LogP contribution in [-0.4, -0.2) is 54.4 Å².